The molecule has 0 fully saturated rings. The second-order valence-electron chi connectivity index (χ2n) is 4.36. The fourth-order valence-corrected chi connectivity index (χ4v) is 1.59. The van der Waals surface area contributed by atoms with Gasteiger partial charge in [0.1, 0.15) is 11.6 Å². The number of carbonyl (C=O) groups is 2. The van der Waals surface area contributed by atoms with Gasteiger partial charge < -0.3 is 15.2 Å². The molecule has 0 saturated carbocycles. The Morgan fingerprint density at radius 2 is 1.90 bits per heavy atom. The van der Waals surface area contributed by atoms with Gasteiger partial charge in [-0.25, -0.2) is 9.78 Å². The van der Waals surface area contributed by atoms with Crippen molar-refractivity contribution in [2.45, 2.75) is 6.92 Å². The fourth-order valence-electron chi connectivity index (χ4n) is 1.59. The van der Waals surface area contributed by atoms with Gasteiger partial charge in [-0.15, -0.1) is 0 Å². The second-order valence-corrected chi connectivity index (χ2v) is 4.36. The van der Waals surface area contributed by atoms with E-state index in [1.807, 2.05) is 19.1 Å². The standard InChI is InChI=1S/C15H14N2O4/c1-10-5-7-11(8-6-10)21-9-14(18)17-13-4-2-3-12(16-13)15(19)20/h2-8H,9H2,1H3,(H,19,20)(H,16,17,18). The van der Waals surface area contributed by atoms with E-state index in [0.29, 0.717) is 5.75 Å². The highest BCUT2D eigenvalue weighted by atomic mass is 16.5. The zero-order valence-electron chi connectivity index (χ0n) is 11.4. The van der Waals surface area contributed by atoms with E-state index >= 15 is 0 Å². The number of carbonyl (C=O) groups excluding carboxylic acids is 1. The number of amides is 1. The van der Waals surface area contributed by atoms with Gasteiger partial charge in [0.25, 0.3) is 5.91 Å². The van der Waals surface area contributed by atoms with Crippen molar-refractivity contribution in [1.29, 1.82) is 0 Å². The third kappa shape index (κ3) is 4.31. The predicted octanol–water partition coefficient (Wildman–Crippen LogP) is 2.11. The van der Waals surface area contributed by atoms with Gasteiger partial charge in [-0.3, -0.25) is 4.79 Å². The molecule has 2 N–H and O–H groups in total. The summed E-state index contributed by atoms with van der Waals surface area (Å²) in [7, 11) is 0. The Morgan fingerprint density at radius 1 is 1.19 bits per heavy atom. The molecule has 0 atom stereocenters. The van der Waals surface area contributed by atoms with Gasteiger partial charge >= 0.3 is 5.97 Å². The number of carboxylic acid groups (broad SMARTS) is 1. The number of benzene rings is 1. The van der Waals surface area contributed by atoms with Crippen LogP contribution >= 0.6 is 0 Å². The molecule has 1 aromatic carbocycles. The molecule has 1 heterocycles. The van der Waals surface area contributed by atoms with Crippen molar-refractivity contribution in [3.8, 4) is 5.75 Å². The highest BCUT2D eigenvalue weighted by Crippen LogP contribution is 2.11. The van der Waals surface area contributed by atoms with Crippen molar-refractivity contribution in [2.24, 2.45) is 0 Å². The van der Waals surface area contributed by atoms with E-state index in [2.05, 4.69) is 10.3 Å². The van der Waals surface area contributed by atoms with E-state index in [-0.39, 0.29) is 18.1 Å². The summed E-state index contributed by atoms with van der Waals surface area (Å²) in [6.45, 7) is 1.78. The third-order valence-electron chi connectivity index (χ3n) is 2.63. The summed E-state index contributed by atoms with van der Waals surface area (Å²) >= 11 is 0. The SMILES string of the molecule is Cc1ccc(OCC(=O)Nc2cccc(C(=O)O)n2)cc1. The highest BCUT2D eigenvalue weighted by Gasteiger charge is 2.08. The van der Waals surface area contributed by atoms with Crippen LogP contribution in [0.15, 0.2) is 42.5 Å². The lowest BCUT2D eigenvalue weighted by Crippen LogP contribution is -2.21. The number of anilines is 1. The number of pyridine rings is 1. The van der Waals surface area contributed by atoms with Crippen LogP contribution in [0.1, 0.15) is 16.1 Å². The van der Waals surface area contributed by atoms with E-state index in [0.717, 1.165) is 5.56 Å². The van der Waals surface area contributed by atoms with Crippen LogP contribution in [0.5, 0.6) is 5.75 Å². The Morgan fingerprint density at radius 3 is 2.57 bits per heavy atom. The van der Waals surface area contributed by atoms with Crippen LogP contribution in [0.4, 0.5) is 5.82 Å². The summed E-state index contributed by atoms with van der Waals surface area (Å²) in [5.41, 5.74) is 0.966. The molecule has 0 bridgehead atoms. The summed E-state index contributed by atoms with van der Waals surface area (Å²) in [5.74, 6) is -0.803. The maximum Gasteiger partial charge on any atom is 0.354 e. The summed E-state index contributed by atoms with van der Waals surface area (Å²) in [6.07, 6.45) is 0. The molecule has 6 nitrogen and oxygen atoms in total. The molecule has 2 rings (SSSR count). The number of carboxylic acids is 1. The van der Waals surface area contributed by atoms with Crippen molar-refractivity contribution < 1.29 is 19.4 Å². The lowest BCUT2D eigenvalue weighted by molar-refractivity contribution is -0.118. The van der Waals surface area contributed by atoms with Crippen molar-refractivity contribution in [3.05, 3.63) is 53.7 Å². The Labute approximate surface area is 121 Å². The molecule has 0 aliphatic carbocycles. The molecule has 0 saturated heterocycles. The average molecular weight is 286 g/mol. The molecular weight excluding hydrogens is 272 g/mol. The molecule has 1 aromatic heterocycles. The molecule has 0 unspecified atom stereocenters. The fraction of sp³-hybridized carbons (Fsp3) is 0.133. The topological polar surface area (TPSA) is 88.5 Å². The molecule has 0 spiro atoms. The van der Waals surface area contributed by atoms with Crippen LogP contribution in [0.3, 0.4) is 0 Å². The minimum Gasteiger partial charge on any atom is -0.484 e. The highest BCUT2D eigenvalue weighted by molar-refractivity contribution is 5.92. The number of hydrogen-bond donors (Lipinski definition) is 2. The third-order valence-corrected chi connectivity index (χ3v) is 2.63. The normalized spacial score (nSPS) is 9.95. The maximum atomic E-state index is 11.7. The van der Waals surface area contributed by atoms with Gasteiger partial charge in [0.2, 0.25) is 0 Å². The quantitative estimate of drug-likeness (QED) is 0.878. The van der Waals surface area contributed by atoms with Crippen LogP contribution in [-0.4, -0.2) is 28.6 Å². The first-order valence-electron chi connectivity index (χ1n) is 6.24. The molecule has 2 aromatic rings. The number of ether oxygens (including phenoxy) is 1. The molecular formula is C15H14N2O4. The van der Waals surface area contributed by atoms with Crippen LogP contribution in [0, 0.1) is 6.92 Å². The number of aromatic carboxylic acids is 1. The molecule has 0 aliphatic rings. The zero-order valence-corrected chi connectivity index (χ0v) is 11.4. The number of rotatable bonds is 5. The zero-order chi connectivity index (χ0) is 15.2. The van der Waals surface area contributed by atoms with Gasteiger partial charge in [0.15, 0.2) is 12.3 Å². The number of hydrogen-bond acceptors (Lipinski definition) is 4. The smallest absolute Gasteiger partial charge is 0.354 e. The first kappa shape index (κ1) is 14.5. The summed E-state index contributed by atoms with van der Waals surface area (Å²) in [5, 5.41) is 11.3. The van der Waals surface area contributed by atoms with E-state index < -0.39 is 11.9 Å². The second kappa shape index (κ2) is 6.51. The number of nitrogens with one attached hydrogen (secondary N) is 1. The van der Waals surface area contributed by atoms with Gasteiger partial charge in [-0.05, 0) is 31.2 Å². The minimum absolute atomic E-state index is 0.132. The van der Waals surface area contributed by atoms with Crippen LogP contribution in [0.2, 0.25) is 0 Å². The molecule has 6 heteroatoms. The molecule has 0 aliphatic heterocycles. The Kier molecular flexibility index (Phi) is 4.50. The molecule has 21 heavy (non-hydrogen) atoms. The van der Waals surface area contributed by atoms with E-state index in [4.69, 9.17) is 9.84 Å². The van der Waals surface area contributed by atoms with Crippen molar-refractivity contribution in [1.82, 2.24) is 4.98 Å². The first-order valence-corrected chi connectivity index (χ1v) is 6.24. The number of aromatic nitrogens is 1. The molecule has 108 valence electrons. The van der Waals surface area contributed by atoms with Gasteiger partial charge in [-0.1, -0.05) is 23.8 Å². The lowest BCUT2D eigenvalue weighted by atomic mass is 10.2. The Bertz CT molecular complexity index is 653. The average Bonchev–Trinajstić information content (AvgIpc) is 2.47. The van der Waals surface area contributed by atoms with Crippen LogP contribution < -0.4 is 10.1 Å². The summed E-state index contributed by atoms with van der Waals surface area (Å²) < 4.78 is 5.32. The Balaban J connectivity index is 1.91. The van der Waals surface area contributed by atoms with Crippen molar-refractivity contribution >= 4 is 17.7 Å². The monoisotopic (exact) mass is 286 g/mol. The summed E-state index contributed by atoms with van der Waals surface area (Å²) in [4.78, 5) is 26.3. The van der Waals surface area contributed by atoms with E-state index in [1.165, 1.54) is 18.2 Å². The van der Waals surface area contributed by atoms with Gasteiger partial charge in [0.05, 0.1) is 0 Å². The van der Waals surface area contributed by atoms with Crippen molar-refractivity contribution in [3.63, 3.8) is 0 Å². The number of nitrogens with zero attached hydrogens (tertiary/aromatic N) is 1. The van der Waals surface area contributed by atoms with E-state index in [9.17, 15) is 9.59 Å². The number of aryl methyl sites for hydroxylation is 1. The van der Waals surface area contributed by atoms with Crippen LogP contribution in [0.25, 0.3) is 0 Å². The molecule has 0 radical (unpaired) electrons. The predicted molar refractivity (Wildman–Crippen MR) is 76.5 cm³/mol. The minimum atomic E-state index is -1.15. The van der Waals surface area contributed by atoms with Crippen molar-refractivity contribution in [2.75, 3.05) is 11.9 Å². The lowest BCUT2D eigenvalue weighted by Gasteiger charge is -2.07. The maximum absolute atomic E-state index is 11.7. The summed E-state index contributed by atoms with van der Waals surface area (Å²) in [6, 6.07) is 11.7. The van der Waals surface area contributed by atoms with Gasteiger partial charge in [-0.2, -0.15) is 0 Å². The first-order chi connectivity index (χ1) is 10.0. The Hall–Kier alpha value is -2.89. The van der Waals surface area contributed by atoms with Crippen LogP contribution in [-0.2, 0) is 4.79 Å². The van der Waals surface area contributed by atoms with E-state index in [1.54, 1.807) is 12.1 Å². The molecule has 1 amide bonds. The largest absolute Gasteiger partial charge is 0.484 e. The van der Waals surface area contributed by atoms with Gasteiger partial charge in [0, 0.05) is 0 Å².